The van der Waals surface area contributed by atoms with Crippen LogP contribution in [0.3, 0.4) is 0 Å². The number of hydrogen-bond donors (Lipinski definition) is 2. The minimum Gasteiger partial charge on any atom is -0.507 e. The maximum Gasteiger partial charge on any atom is 0.182 e. The summed E-state index contributed by atoms with van der Waals surface area (Å²) >= 11 is 1.64. The number of aromatic nitrogens is 1. The number of nitrogens with zero attached hydrogens (tertiary/aromatic N) is 2. The van der Waals surface area contributed by atoms with Crippen LogP contribution in [0.15, 0.2) is 23.7 Å². The van der Waals surface area contributed by atoms with Gasteiger partial charge in [0.15, 0.2) is 5.78 Å². The molecular formula is C27H39N3O2S. The van der Waals surface area contributed by atoms with Crippen LogP contribution in [0.4, 0.5) is 0 Å². The zero-order chi connectivity index (χ0) is 24.6. The Morgan fingerprint density at radius 1 is 1.18 bits per heavy atom. The minimum absolute atomic E-state index is 0.000831. The number of rotatable bonds is 7. The second-order valence-corrected chi connectivity index (χ2v) is 12.4. The summed E-state index contributed by atoms with van der Waals surface area (Å²) in [5, 5.41) is 22.9. The van der Waals surface area contributed by atoms with Crippen LogP contribution in [0.5, 0.6) is 5.75 Å². The molecule has 0 saturated carbocycles. The largest absolute Gasteiger partial charge is 0.507 e. The average Bonchev–Trinajstić information content (AvgIpc) is 3.31. The number of nitrogens with one attached hydrogen (secondary N) is 1. The van der Waals surface area contributed by atoms with Crippen molar-refractivity contribution in [1.82, 2.24) is 9.88 Å². The molecule has 2 unspecified atom stereocenters. The Kier molecular flexibility index (Phi) is 7.37. The van der Waals surface area contributed by atoms with Gasteiger partial charge in [0.25, 0.3) is 0 Å². The molecule has 1 aromatic heterocycles. The summed E-state index contributed by atoms with van der Waals surface area (Å²) in [6, 6.07) is 3.70. The highest BCUT2D eigenvalue weighted by molar-refractivity contribution is 7.09. The number of phenols is 1. The van der Waals surface area contributed by atoms with Crippen molar-refractivity contribution >= 4 is 23.0 Å². The van der Waals surface area contributed by atoms with Crippen molar-refractivity contribution in [2.24, 2.45) is 11.8 Å². The van der Waals surface area contributed by atoms with Crippen LogP contribution in [0.25, 0.3) is 0 Å². The van der Waals surface area contributed by atoms with Crippen molar-refractivity contribution in [3.8, 4) is 5.75 Å². The number of aromatic hydroxyl groups is 1. The Bertz CT molecular complexity index is 964. The summed E-state index contributed by atoms with van der Waals surface area (Å²) in [5.74, 6) is 1.32. The van der Waals surface area contributed by atoms with Crippen molar-refractivity contribution in [1.29, 1.82) is 5.41 Å². The molecule has 1 aromatic carbocycles. The first-order chi connectivity index (χ1) is 15.3. The van der Waals surface area contributed by atoms with Gasteiger partial charge in [-0.2, -0.15) is 0 Å². The SMILES string of the molecule is CCCC1CN(CC(=O)c2cc(C(C)(C)C)c(O)c(C(C)(C)C)c2)C(=N)C1Cc1nccs1. The van der Waals surface area contributed by atoms with Gasteiger partial charge < -0.3 is 10.0 Å². The fourth-order valence-corrected chi connectivity index (χ4v) is 5.46. The number of amidine groups is 1. The molecule has 1 aliphatic heterocycles. The highest BCUT2D eigenvalue weighted by atomic mass is 32.1. The van der Waals surface area contributed by atoms with E-state index in [1.54, 1.807) is 11.3 Å². The van der Waals surface area contributed by atoms with Crippen molar-refractivity contribution in [3.05, 3.63) is 45.4 Å². The predicted octanol–water partition coefficient (Wildman–Crippen LogP) is 6.19. The zero-order valence-corrected chi connectivity index (χ0v) is 22.0. The third-order valence-electron chi connectivity index (χ3n) is 6.64. The molecule has 0 bridgehead atoms. The molecule has 1 saturated heterocycles. The van der Waals surface area contributed by atoms with Crippen LogP contribution < -0.4 is 0 Å². The summed E-state index contributed by atoms with van der Waals surface area (Å²) in [4.78, 5) is 19.9. The number of carbonyl (C=O) groups excluding carboxylic acids is 1. The molecule has 0 spiro atoms. The number of likely N-dealkylation sites (tertiary alicyclic amines) is 1. The van der Waals surface area contributed by atoms with Gasteiger partial charge in [-0.3, -0.25) is 10.2 Å². The lowest BCUT2D eigenvalue weighted by atomic mass is 9.78. The van der Waals surface area contributed by atoms with E-state index in [0.29, 0.717) is 17.3 Å². The third kappa shape index (κ3) is 5.65. The van der Waals surface area contributed by atoms with Gasteiger partial charge in [0.1, 0.15) is 11.6 Å². The molecule has 1 fully saturated rings. The van der Waals surface area contributed by atoms with Crippen molar-refractivity contribution in [3.63, 3.8) is 0 Å². The fourth-order valence-electron chi connectivity index (χ4n) is 4.79. The molecule has 5 nitrogen and oxygen atoms in total. The van der Waals surface area contributed by atoms with Crippen LogP contribution in [-0.4, -0.2) is 39.7 Å². The van der Waals surface area contributed by atoms with Gasteiger partial charge in [0.2, 0.25) is 0 Å². The summed E-state index contributed by atoms with van der Waals surface area (Å²) < 4.78 is 0. The van der Waals surface area contributed by atoms with E-state index in [4.69, 9.17) is 5.41 Å². The zero-order valence-electron chi connectivity index (χ0n) is 21.2. The van der Waals surface area contributed by atoms with Gasteiger partial charge in [0.05, 0.1) is 11.6 Å². The van der Waals surface area contributed by atoms with E-state index in [-0.39, 0.29) is 34.8 Å². The molecule has 2 heterocycles. The normalized spacial score (nSPS) is 19.4. The summed E-state index contributed by atoms with van der Waals surface area (Å²) in [5.41, 5.74) is 1.63. The molecule has 180 valence electrons. The van der Waals surface area contributed by atoms with Crippen molar-refractivity contribution < 1.29 is 9.90 Å². The van der Waals surface area contributed by atoms with E-state index in [1.807, 2.05) is 28.6 Å². The molecule has 2 aromatic rings. The minimum atomic E-state index is -0.286. The molecule has 1 aliphatic rings. The number of ketones is 1. The topological polar surface area (TPSA) is 77.3 Å². The van der Waals surface area contributed by atoms with Crippen LogP contribution >= 0.6 is 11.3 Å². The van der Waals surface area contributed by atoms with Gasteiger partial charge >= 0.3 is 0 Å². The van der Waals surface area contributed by atoms with Gasteiger partial charge in [-0.25, -0.2) is 4.98 Å². The Morgan fingerprint density at radius 3 is 2.27 bits per heavy atom. The lowest BCUT2D eigenvalue weighted by Crippen LogP contribution is -2.33. The number of carbonyl (C=O) groups is 1. The molecular weight excluding hydrogens is 430 g/mol. The quantitative estimate of drug-likeness (QED) is 0.474. The first-order valence-corrected chi connectivity index (χ1v) is 12.8. The lowest BCUT2D eigenvalue weighted by molar-refractivity contribution is 0.0963. The van der Waals surface area contributed by atoms with Crippen LogP contribution in [0, 0.1) is 17.2 Å². The fraction of sp³-hybridized carbons (Fsp3) is 0.593. The Morgan fingerprint density at radius 2 is 1.79 bits per heavy atom. The second kappa shape index (κ2) is 9.57. The average molecular weight is 470 g/mol. The number of phenolic OH excluding ortho intramolecular Hbond substituents is 1. The van der Waals surface area contributed by atoms with Gasteiger partial charge in [0, 0.05) is 47.2 Å². The molecule has 33 heavy (non-hydrogen) atoms. The number of Topliss-reactive ketones (excluding diaryl/α,β-unsaturated/α-hetero) is 1. The highest BCUT2D eigenvalue weighted by Crippen LogP contribution is 2.40. The third-order valence-corrected chi connectivity index (χ3v) is 7.44. The molecule has 3 rings (SSSR count). The molecule has 2 N–H and O–H groups in total. The molecule has 2 atom stereocenters. The van der Waals surface area contributed by atoms with Gasteiger partial charge in [-0.1, -0.05) is 54.9 Å². The highest BCUT2D eigenvalue weighted by Gasteiger charge is 2.38. The maximum atomic E-state index is 13.5. The Labute approximate surface area is 202 Å². The van der Waals surface area contributed by atoms with Crippen LogP contribution in [0.1, 0.15) is 87.8 Å². The van der Waals surface area contributed by atoms with E-state index in [1.165, 1.54) is 0 Å². The lowest BCUT2D eigenvalue weighted by Gasteiger charge is -2.28. The maximum absolute atomic E-state index is 13.5. The van der Waals surface area contributed by atoms with Gasteiger partial charge in [-0.15, -0.1) is 11.3 Å². The number of hydrogen-bond acceptors (Lipinski definition) is 5. The molecule has 0 radical (unpaired) electrons. The van der Waals surface area contributed by atoms with Crippen LogP contribution in [0.2, 0.25) is 0 Å². The summed E-state index contributed by atoms with van der Waals surface area (Å²) in [6.07, 6.45) is 4.70. The second-order valence-electron chi connectivity index (χ2n) is 11.4. The Balaban J connectivity index is 1.88. The first kappa shape index (κ1) is 25.4. The van der Waals surface area contributed by atoms with E-state index in [9.17, 15) is 9.90 Å². The molecule has 0 aliphatic carbocycles. The molecule has 0 amide bonds. The smallest absolute Gasteiger partial charge is 0.182 e. The van der Waals surface area contributed by atoms with Crippen molar-refractivity contribution in [2.45, 2.75) is 78.6 Å². The van der Waals surface area contributed by atoms with Crippen LogP contribution in [-0.2, 0) is 17.3 Å². The summed E-state index contributed by atoms with van der Waals surface area (Å²) in [6.45, 7) is 15.4. The summed E-state index contributed by atoms with van der Waals surface area (Å²) in [7, 11) is 0. The number of thiazole rings is 1. The van der Waals surface area contributed by atoms with E-state index >= 15 is 0 Å². The predicted molar refractivity (Wildman–Crippen MR) is 137 cm³/mol. The van der Waals surface area contributed by atoms with Crippen molar-refractivity contribution in [2.75, 3.05) is 13.1 Å². The standard InChI is InChI=1S/C27H39N3O2S/c1-8-9-17-15-30(25(28)19(17)14-23-29-10-11-33-23)16-22(31)18-12-20(26(2,3)4)24(32)21(13-18)27(5,6)7/h10-13,17,19,28,32H,8-9,14-16H2,1-7H3. The number of benzene rings is 1. The van der Waals surface area contributed by atoms with E-state index in [0.717, 1.165) is 41.9 Å². The monoisotopic (exact) mass is 469 g/mol. The Hall–Kier alpha value is -2.21. The first-order valence-electron chi connectivity index (χ1n) is 12.0. The van der Waals surface area contributed by atoms with E-state index < -0.39 is 0 Å². The van der Waals surface area contributed by atoms with E-state index in [2.05, 4.69) is 53.5 Å². The van der Waals surface area contributed by atoms with Gasteiger partial charge in [-0.05, 0) is 35.3 Å². The molecule has 6 heteroatoms.